The zero-order chi connectivity index (χ0) is 17.6. The van der Waals surface area contributed by atoms with E-state index >= 15 is 0 Å². The minimum Gasteiger partial charge on any atom is -0.497 e. The quantitative estimate of drug-likeness (QED) is 0.871. The van der Waals surface area contributed by atoms with Crippen LogP contribution in [0.3, 0.4) is 0 Å². The lowest BCUT2D eigenvalue weighted by Gasteiger charge is -2.25. The molecule has 23 heavy (non-hydrogen) atoms. The molecule has 0 radical (unpaired) electrons. The molecule has 128 valence electrons. The number of ether oxygens (including phenoxy) is 2. The van der Waals surface area contributed by atoms with Crippen LogP contribution >= 0.6 is 0 Å². The number of nitrogens with zero attached hydrogens (tertiary/aromatic N) is 1. The van der Waals surface area contributed by atoms with Crippen LogP contribution in [0.2, 0.25) is 0 Å². The van der Waals surface area contributed by atoms with Crippen molar-refractivity contribution in [3.05, 3.63) is 23.8 Å². The first-order valence-corrected chi connectivity index (χ1v) is 7.53. The van der Waals surface area contributed by atoms with Crippen molar-refractivity contribution in [2.75, 3.05) is 27.3 Å². The lowest BCUT2D eigenvalue weighted by molar-refractivity contribution is -0.123. The molecule has 0 aliphatic heterocycles. The van der Waals surface area contributed by atoms with Crippen molar-refractivity contribution in [2.24, 2.45) is 0 Å². The predicted octanol–water partition coefficient (Wildman–Crippen LogP) is 2.08. The number of hydrogen-bond acceptors (Lipinski definition) is 4. The van der Waals surface area contributed by atoms with Gasteiger partial charge >= 0.3 is 0 Å². The summed E-state index contributed by atoms with van der Waals surface area (Å²) in [4.78, 5) is 26.2. The molecule has 1 aromatic carbocycles. The van der Waals surface area contributed by atoms with Gasteiger partial charge in [-0.1, -0.05) is 0 Å². The number of carbonyl (C=O) groups is 2. The third kappa shape index (κ3) is 5.81. The van der Waals surface area contributed by atoms with Crippen LogP contribution in [0.5, 0.6) is 11.5 Å². The summed E-state index contributed by atoms with van der Waals surface area (Å²) in [6.45, 7) is 7.96. The van der Waals surface area contributed by atoms with Gasteiger partial charge in [-0.3, -0.25) is 9.59 Å². The third-order valence-corrected chi connectivity index (χ3v) is 3.12. The minimum absolute atomic E-state index is 0.00608. The van der Waals surface area contributed by atoms with Crippen LogP contribution in [0.25, 0.3) is 0 Å². The maximum absolute atomic E-state index is 12.6. The molecular formula is C17H26N2O4. The molecule has 0 spiro atoms. The number of hydrogen-bond donors (Lipinski definition) is 1. The molecule has 0 aliphatic rings. The maximum atomic E-state index is 12.6. The second-order valence-corrected chi connectivity index (χ2v) is 6.22. The Morgan fingerprint density at radius 2 is 1.61 bits per heavy atom. The molecule has 0 heterocycles. The van der Waals surface area contributed by atoms with Gasteiger partial charge in [-0.15, -0.1) is 0 Å². The fourth-order valence-corrected chi connectivity index (χ4v) is 2.07. The molecule has 0 saturated carbocycles. The van der Waals surface area contributed by atoms with E-state index in [1.54, 1.807) is 18.2 Å². The molecule has 0 saturated heterocycles. The lowest BCUT2D eigenvalue weighted by atomic mass is 10.1. The van der Waals surface area contributed by atoms with E-state index in [-0.39, 0.29) is 23.9 Å². The van der Waals surface area contributed by atoms with Gasteiger partial charge in [-0.25, -0.2) is 0 Å². The molecule has 6 nitrogen and oxygen atoms in total. The summed E-state index contributed by atoms with van der Waals surface area (Å²) < 4.78 is 10.4. The van der Waals surface area contributed by atoms with E-state index in [1.807, 2.05) is 27.7 Å². The number of methoxy groups -OCH3 is 2. The first-order valence-electron chi connectivity index (χ1n) is 7.53. The zero-order valence-corrected chi connectivity index (χ0v) is 14.7. The molecule has 0 bridgehead atoms. The topological polar surface area (TPSA) is 67.9 Å². The first-order chi connectivity index (χ1) is 10.7. The monoisotopic (exact) mass is 322 g/mol. The third-order valence-electron chi connectivity index (χ3n) is 3.12. The van der Waals surface area contributed by atoms with E-state index in [1.165, 1.54) is 19.1 Å². The Kier molecular flexibility index (Phi) is 6.42. The second kappa shape index (κ2) is 7.85. The standard InChI is InChI=1S/C17H26N2O4/c1-7-19(11-15(20)18-17(2,3)4)16(21)12-8-13(22-5)10-14(9-12)23-6/h8-10H,7,11H2,1-6H3,(H,18,20). The number of likely N-dealkylation sites (N-methyl/N-ethyl adjacent to an activating group) is 1. The Morgan fingerprint density at radius 1 is 1.09 bits per heavy atom. The fourth-order valence-electron chi connectivity index (χ4n) is 2.07. The van der Waals surface area contributed by atoms with Crippen LogP contribution in [0, 0.1) is 0 Å². The molecule has 0 unspecified atom stereocenters. The van der Waals surface area contributed by atoms with E-state index in [4.69, 9.17) is 9.47 Å². The van der Waals surface area contributed by atoms with Crippen LogP contribution < -0.4 is 14.8 Å². The highest BCUT2D eigenvalue weighted by Crippen LogP contribution is 2.23. The molecule has 1 N–H and O–H groups in total. The SMILES string of the molecule is CCN(CC(=O)NC(C)(C)C)C(=O)c1cc(OC)cc(OC)c1. The smallest absolute Gasteiger partial charge is 0.254 e. The first kappa shape index (κ1) is 18.8. The predicted molar refractivity (Wildman–Crippen MR) is 89.0 cm³/mol. The van der Waals surface area contributed by atoms with Crippen LogP contribution in [0.15, 0.2) is 18.2 Å². The summed E-state index contributed by atoms with van der Waals surface area (Å²) in [7, 11) is 3.05. The Morgan fingerprint density at radius 3 is 2.00 bits per heavy atom. The maximum Gasteiger partial charge on any atom is 0.254 e. The molecule has 2 amide bonds. The normalized spacial score (nSPS) is 10.9. The van der Waals surface area contributed by atoms with Gasteiger partial charge in [0.25, 0.3) is 5.91 Å². The van der Waals surface area contributed by atoms with Crippen molar-refractivity contribution in [3.63, 3.8) is 0 Å². The van der Waals surface area contributed by atoms with Gasteiger partial charge in [0.1, 0.15) is 11.5 Å². The van der Waals surface area contributed by atoms with Gasteiger partial charge in [0, 0.05) is 23.7 Å². The lowest BCUT2D eigenvalue weighted by Crippen LogP contribution is -2.47. The summed E-state index contributed by atoms with van der Waals surface area (Å²) in [6, 6.07) is 4.96. The van der Waals surface area contributed by atoms with Crippen molar-refractivity contribution >= 4 is 11.8 Å². The van der Waals surface area contributed by atoms with Crippen molar-refractivity contribution in [1.29, 1.82) is 0 Å². The number of benzene rings is 1. The summed E-state index contributed by atoms with van der Waals surface area (Å²) in [5, 5.41) is 2.85. The Labute approximate surface area is 137 Å². The molecule has 6 heteroatoms. The number of nitrogens with one attached hydrogen (secondary N) is 1. The Bertz CT molecular complexity index is 542. The Hall–Kier alpha value is -2.24. The van der Waals surface area contributed by atoms with E-state index < -0.39 is 0 Å². The van der Waals surface area contributed by atoms with Gasteiger partial charge in [-0.2, -0.15) is 0 Å². The van der Waals surface area contributed by atoms with Gasteiger partial charge in [0.05, 0.1) is 20.8 Å². The van der Waals surface area contributed by atoms with E-state index in [0.29, 0.717) is 23.6 Å². The molecule has 0 aromatic heterocycles. The van der Waals surface area contributed by atoms with Crippen molar-refractivity contribution in [2.45, 2.75) is 33.2 Å². The minimum atomic E-state index is -0.335. The van der Waals surface area contributed by atoms with E-state index in [2.05, 4.69) is 5.32 Å². The highest BCUT2D eigenvalue weighted by atomic mass is 16.5. The van der Waals surface area contributed by atoms with Crippen LogP contribution in [0.4, 0.5) is 0 Å². The van der Waals surface area contributed by atoms with Gasteiger partial charge in [0.15, 0.2) is 0 Å². The van der Waals surface area contributed by atoms with Crippen molar-refractivity contribution in [3.8, 4) is 11.5 Å². The molecule has 1 aromatic rings. The van der Waals surface area contributed by atoms with Gasteiger partial charge < -0.3 is 19.7 Å². The average Bonchev–Trinajstić information content (AvgIpc) is 2.49. The molecular weight excluding hydrogens is 296 g/mol. The largest absolute Gasteiger partial charge is 0.497 e. The zero-order valence-electron chi connectivity index (χ0n) is 14.7. The molecule has 0 aliphatic carbocycles. The number of amides is 2. The van der Waals surface area contributed by atoms with Gasteiger partial charge in [0.2, 0.25) is 5.91 Å². The fraction of sp³-hybridized carbons (Fsp3) is 0.529. The highest BCUT2D eigenvalue weighted by molar-refractivity contribution is 5.97. The van der Waals surface area contributed by atoms with Crippen LogP contribution in [-0.2, 0) is 4.79 Å². The molecule has 1 rings (SSSR count). The van der Waals surface area contributed by atoms with Crippen LogP contribution in [-0.4, -0.2) is 49.6 Å². The van der Waals surface area contributed by atoms with E-state index in [9.17, 15) is 9.59 Å². The highest BCUT2D eigenvalue weighted by Gasteiger charge is 2.21. The van der Waals surface area contributed by atoms with Gasteiger partial charge in [-0.05, 0) is 39.8 Å². The molecule has 0 atom stereocenters. The summed E-state index contributed by atoms with van der Waals surface area (Å²) in [5.41, 5.74) is 0.0882. The molecule has 0 fully saturated rings. The van der Waals surface area contributed by atoms with Crippen molar-refractivity contribution in [1.82, 2.24) is 10.2 Å². The van der Waals surface area contributed by atoms with Crippen LogP contribution in [0.1, 0.15) is 38.1 Å². The number of carbonyl (C=O) groups excluding carboxylic acids is 2. The average molecular weight is 322 g/mol. The Balaban J connectivity index is 2.94. The second-order valence-electron chi connectivity index (χ2n) is 6.22. The number of rotatable bonds is 6. The summed E-state index contributed by atoms with van der Waals surface area (Å²) in [6.07, 6.45) is 0. The summed E-state index contributed by atoms with van der Waals surface area (Å²) in [5.74, 6) is 0.627. The summed E-state index contributed by atoms with van der Waals surface area (Å²) >= 11 is 0. The van der Waals surface area contributed by atoms with Crippen molar-refractivity contribution < 1.29 is 19.1 Å². The van der Waals surface area contributed by atoms with E-state index in [0.717, 1.165) is 0 Å².